The first-order valence-corrected chi connectivity index (χ1v) is 8.34. The van der Waals surface area contributed by atoms with Crippen LogP contribution in [0.25, 0.3) is 38.0 Å². The van der Waals surface area contributed by atoms with Gasteiger partial charge < -0.3 is 37.4 Å². The number of carbonyl (C=O) groups excluding carboxylic acids is 2. The first kappa shape index (κ1) is 25.5. The molecule has 30 heavy (non-hydrogen) atoms. The van der Waals surface area contributed by atoms with Crippen molar-refractivity contribution in [1.82, 2.24) is 0 Å². The van der Waals surface area contributed by atoms with Crippen molar-refractivity contribution in [2.24, 2.45) is 0 Å². The molecule has 0 radical (unpaired) electrons. The highest BCUT2D eigenvalue weighted by atomic mass is 16.3. The van der Waals surface area contributed by atoms with Crippen LogP contribution in [-0.4, -0.2) is 26.9 Å². The summed E-state index contributed by atoms with van der Waals surface area (Å²) in [5.74, 6) is -1.77. The van der Waals surface area contributed by atoms with Gasteiger partial charge in [-0.15, -0.1) is 0 Å². The fourth-order valence-electron chi connectivity index (χ4n) is 2.30. The number of aromatic hydroxyl groups is 3. The minimum absolute atomic E-state index is 0.211. The van der Waals surface area contributed by atoms with Crippen molar-refractivity contribution in [1.29, 1.82) is 0 Å². The number of fused-ring (bicyclic) bond motifs is 1. The average Bonchev–Trinajstić information content (AvgIpc) is 2.73. The first-order chi connectivity index (χ1) is 14.3. The van der Waals surface area contributed by atoms with Gasteiger partial charge in [0.05, 0.1) is 0 Å². The summed E-state index contributed by atoms with van der Waals surface area (Å²) < 4.78 is 0. The van der Waals surface area contributed by atoms with Crippen molar-refractivity contribution in [3.63, 3.8) is 0 Å². The van der Waals surface area contributed by atoms with Gasteiger partial charge in [-0.25, -0.2) is 0 Å². The van der Waals surface area contributed by atoms with Crippen LogP contribution in [0.15, 0.2) is 42.5 Å². The maximum absolute atomic E-state index is 11.2. The van der Waals surface area contributed by atoms with Gasteiger partial charge in [0, 0.05) is 5.56 Å². The van der Waals surface area contributed by atoms with Crippen molar-refractivity contribution < 1.29 is 24.9 Å². The van der Waals surface area contributed by atoms with E-state index >= 15 is 0 Å². The predicted octanol–water partition coefficient (Wildman–Crippen LogP) is 4.95. The Bertz CT molecular complexity index is 979. The minimum Gasteiger partial charge on any atom is -0.504 e. The Morgan fingerprint density at radius 1 is 0.833 bits per heavy atom. The summed E-state index contributed by atoms with van der Waals surface area (Å²) in [6.07, 6.45) is 4.56. The largest absolute Gasteiger partial charge is 0.504 e. The lowest BCUT2D eigenvalue weighted by Crippen LogP contribution is -2.15. The number of hydrogen-bond donors (Lipinski definition) is 3. The summed E-state index contributed by atoms with van der Waals surface area (Å²) in [5.41, 5.74) is 29.0. The van der Waals surface area contributed by atoms with Crippen LogP contribution in [0.2, 0.25) is 0 Å². The van der Waals surface area contributed by atoms with Gasteiger partial charge in [-0.05, 0) is 29.7 Å². The van der Waals surface area contributed by atoms with E-state index in [4.69, 9.17) is 32.3 Å². The number of phenolic OH excluding ortho intramolecular Hbond substituents is 3. The van der Waals surface area contributed by atoms with E-state index in [1.54, 1.807) is 24.3 Å². The number of phenols is 3. The van der Waals surface area contributed by atoms with E-state index in [0.29, 0.717) is 17.5 Å². The van der Waals surface area contributed by atoms with Gasteiger partial charge in [-0.2, -0.15) is 0 Å². The molecule has 0 spiro atoms. The molecule has 2 aromatic carbocycles. The van der Waals surface area contributed by atoms with Crippen LogP contribution in [0, 0.1) is 0 Å². The monoisotopic (exact) mass is 410 g/mol. The van der Waals surface area contributed by atoms with Gasteiger partial charge in [0.15, 0.2) is 11.5 Å². The van der Waals surface area contributed by atoms with Crippen LogP contribution >= 0.6 is 0 Å². The molecule has 0 aromatic heterocycles. The molecule has 1 aliphatic carbocycles. The van der Waals surface area contributed by atoms with Crippen molar-refractivity contribution in [3.05, 3.63) is 91.1 Å². The second kappa shape index (κ2) is 13.7. The summed E-state index contributed by atoms with van der Waals surface area (Å²) in [5, 5.41) is 27.4. The molecule has 0 bridgehead atoms. The molecule has 0 heterocycles. The second-order valence-corrected chi connectivity index (χ2v) is 5.48. The van der Waals surface area contributed by atoms with Crippen LogP contribution in [0.1, 0.15) is 34.8 Å². The van der Waals surface area contributed by atoms with E-state index in [0.717, 1.165) is 12.0 Å². The Labute approximate surface area is 171 Å². The van der Waals surface area contributed by atoms with Crippen LogP contribution in [-0.2, 0) is 11.2 Å². The molecule has 156 valence electrons. The number of hydrogen-bond acceptors (Lipinski definition) is 5. The Balaban J connectivity index is 0.000000446. The van der Waals surface area contributed by atoms with Gasteiger partial charge in [-0.1, -0.05) is 49.8 Å². The third kappa shape index (κ3) is 7.65. The summed E-state index contributed by atoms with van der Waals surface area (Å²) in [7, 11) is 0. The number of nitrogens with zero attached hydrogens (tertiary/aromatic N) is 6. The number of benzene rings is 2. The molecule has 0 amide bonds. The first-order valence-electron chi connectivity index (χ1n) is 8.34. The van der Waals surface area contributed by atoms with Crippen molar-refractivity contribution >= 4 is 17.6 Å². The summed E-state index contributed by atoms with van der Waals surface area (Å²) >= 11 is 0. The molecule has 2 aromatic rings. The standard InChI is InChI=1S/C10H6O2.C9H12O3.2N3/c11-9-6-5-7-3-1-2-4-8(7)10(9)12;1-2-3-6-4-5-7(10)9(12)8(6)11;2*1-3-2/h1-6H;4-5,10-12H,2-3H2,1H3;;/q;;2*-1. The number of aryl methyl sites for hydroxylation is 1. The SMILES string of the molecule is CCCc1ccc(O)c(O)c1O.O=C1C=Cc2ccccc2C1=O.[N-]=[N+]=[N-].[N-]=[N+]=[N-]. The molecule has 11 heteroatoms. The van der Waals surface area contributed by atoms with E-state index in [1.807, 2.05) is 19.1 Å². The van der Waals surface area contributed by atoms with Gasteiger partial charge >= 0.3 is 0 Å². The van der Waals surface area contributed by atoms with Crippen LogP contribution in [0.5, 0.6) is 17.2 Å². The Hall–Kier alpha value is -4.46. The van der Waals surface area contributed by atoms with Gasteiger partial charge in [-0.3, -0.25) is 19.4 Å². The Morgan fingerprint density at radius 3 is 1.97 bits per heavy atom. The third-order valence-corrected chi connectivity index (χ3v) is 3.58. The molecular formula is C19H18N6O5-2. The highest BCUT2D eigenvalue weighted by molar-refractivity contribution is 6.49. The molecule has 11 nitrogen and oxygen atoms in total. The Morgan fingerprint density at radius 2 is 1.40 bits per heavy atom. The van der Waals surface area contributed by atoms with Crippen molar-refractivity contribution in [3.8, 4) is 17.2 Å². The highest BCUT2D eigenvalue weighted by Crippen LogP contribution is 2.37. The van der Waals surface area contributed by atoms with Gasteiger partial charge in [0.1, 0.15) is 0 Å². The maximum atomic E-state index is 11.2. The molecule has 0 unspecified atom stereocenters. The summed E-state index contributed by atoms with van der Waals surface area (Å²) in [6, 6.07) is 10.1. The fourth-order valence-corrected chi connectivity index (χ4v) is 2.30. The molecule has 1 aliphatic rings. The number of allylic oxidation sites excluding steroid dienone is 1. The van der Waals surface area contributed by atoms with Crippen molar-refractivity contribution in [2.45, 2.75) is 19.8 Å². The van der Waals surface area contributed by atoms with Gasteiger partial charge in [0.25, 0.3) is 0 Å². The molecule has 0 fully saturated rings. The number of ketones is 2. The fraction of sp³-hybridized carbons (Fsp3) is 0.158. The van der Waals surface area contributed by atoms with Crippen molar-refractivity contribution in [2.75, 3.05) is 0 Å². The van der Waals surface area contributed by atoms with Crippen LogP contribution in [0.3, 0.4) is 0 Å². The minimum atomic E-state index is -0.436. The molecule has 3 rings (SSSR count). The lowest BCUT2D eigenvalue weighted by Gasteiger charge is -2.06. The second-order valence-electron chi connectivity index (χ2n) is 5.48. The molecule has 0 saturated heterocycles. The molecule has 0 aliphatic heterocycles. The summed E-state index contributed by atoms with van der Waals surface area (Å²) in [4.78, 5) is 25.1. The molecule has 3 N–H and O–H groups in total. The normalized spacial score (nSPS) is 10.4. The lowest BCUT2D eigenvalue weighted by molar-refractivity contribution is -0.110. The average molecular weight is 410 g/mol. The van der Waals surface area contributed by atoms with Crippen LogP contribution in [0.4, 0.5) is 0 Å². The lowest BCUT2D eigenvalue weighted by atomic mass is 9.96. The van der Waals surface area contributed by atoms with E-state index in [2.05, 4.69) is 0 Å². The zero-order valence-corrected chi connectivity index (χ0v) is 15.9. The third-order valence-electron chi connectivity index (χ3n) is 3.58. The number of carbonyl (C=O) groups is 2. The van der Waals surface area contributed by atoms with E-state index in [9.17, 15) is 14.7 Å². The quantitative estimate of drug-likeness (QED) is 0.205. The summed E-state index contributed by atoms with van der Waals surface area (Å²) in [6.45, 7) is 1.98. The zero-order valence-electron chi connectivity index (χ0n) is 15.9. The molecular weight excluding hydrogens is 392 g/mol. The highest BCUT2D eigenvalue weighted by Gasteiger charge is 2.19. The number of rotatable bonds is 2. The van der Waals surface area contributed by atoms with E-state index < -0.39 is 17.3 Å². The predicted molar refractivity (Wildman–Crippen MR) is 110 cm³/mol. The molecule has 0 atom stereocenters. The molecule has 0 saturated carbocycles. The Kier molecular flexibility index (Phi) is 11.6. The number of Topliss-reactive ketones (excluding diaryl/α,β-unsaturated/α-hetero) is 1. The van der Waals surface area contributed by atoms with E-state index in [-0.39, 0.29) is 11.5 Å². The smallest absolute Gasteiger partial charge is 0.233 e. The topological polar surface area (TPSA) is 212 Å². The van der Waals surface area contributed by atoms with E-state index in [1.165, 1.54) is 22.0 Å². The zero-order chi connectivity index (χ0) is 23.1. The maximum Gasteiger partial charge on any atom is 0.233 e. The van der Waals surface area contributed by atoms with Crippen LogP contribution < -0.4 is 0 Å². The van der Waals surface area contributed by atoms with Gasteiger partial charge in [0.2, 0.25) is 17.3 Å².